The third-order valence-corrected chi connectivity index (χ3v) is 1.69. The van der Waals surface area contributed by atoms with Crippen LogP contribution in [0.5, 0.6) is 0 Å². The van der Waals surface area contributed by atoms with Crippen LogP contribution in [-0.2, 0) is 0 Å². The number of likely N-dealkylation sites (tertiary alicyclic amines) is 1. The zero-order chi connectivity index (χ0) is 9.56. The molecule has 1 amide bonds. The van der Waals surface area contributed by atoms with Crippen LogP contribution in [0.1, 0.15) is 12.8 Å². The van der Waals surface area contributed by atoms with Crippen molar-refractivity contribution in [2.24, 2.45) is 5.73 Å². The SMILES string of the molecule is CN1CCC(O)CC1.Cl.NC(=O)O. The van der Waals surface area contributed by atoms with Crippen LogP contribution in [0.25, 0.3) is 0 Å². The van der Waals surface area contributed by atoms with E-state index >= 15 is 0 Å². The van der Waals surface area contributed by atoms with Crippen LogP contribution in [0, 0.1) is 0 Å². The quantitative estimate of drug-likeness (QED) is 0.532. The molecule has 1 aliphatic heterocycles. The molecule has 0 aromatic carbocycles. The molecule has 0 aromatic heterocycles. The van der Waals surface area contributed by atoms with Crippen molar-refractivity contribution >= 4 is 18.5 Å². The number of piperidine rings is 1. The number of aliphatic hydroxyl groups is 1. The highest BCUT2D eigenvalue weighted by Crippen LogP contribution is 2.06. The fourth-order valence-electron chi connectivity index (χ4n) is 0.995. The number of aliphatic hydroxyl groups excluding tert-OH is 1. The molecular weight excluding hydrogens is 196 g/mol. The van der Waals surface area contributed by atoms with Gasteiger partial charge in [0, 0.05) is 13.1 Å². The maximum Gasteiger partial charge on any atom is 0.402 e. The number of carbonyl (C=O) groups is 1. The van der Waals surface area contributed by atoms with Crippen molar-refractivity contribution in [1.29, 1.82) is 0 Å². The van der Waals surface area contributed by atoms with Crippen LogP contribution in [0.4, 0.5) is 4.79 Å². The predicted octanol–water partition coefficient (Wildman–Crippen LogP) is 0.118. The lowest BCUT2D eigenvalue weighted by Gasteiger charge is -2.25. The minimum absolute atomic E-state index is 0. The second kappa shape index (κ2) is 8.10. The Hall–Kier alpha value is -0.520. The minimum Gasteiger partial charge on any atom is -0.465 e. The molecule has 0 saturated carbocycles. The van der Waals surface area contributed by atoms with Gasteiger partial charge >= 0.3 is 6.09 Å². The topological polar surface area (TPSA) is 86.8 Å². The highest BCUT2D eigenvalue weighted by Gasteiger charge is 2.12. The fraction of sp³-hybridized carbons (Fsp3) is 0.857. The van der Waals surface area contributed by atoms with Gasteiger partial charge in [0.05, 0.1) is 6.10 Å². The number of nitrogens with zero attached hydrogens (tertiary/aromatic N) is 1. The Morgan fingerprint density at radius 3 is 2.00 bits per heavy atom. The van der Waals surface area contributed by atoms with Crippen LogP contribution < -0.4 is 5.73 Å². The molecule has 1 rings (SSSR count). The van der Waals surface area contributed by atoms with Crippen LogP contribution >= 0.6 is 12.4 Å². The first-order valence-corrected chi connectivity index (χ1v) is 3.87. The van der Waals surface area contributed by atoms with E-state index in [0.29, 0.717) is 0 Å². The third kappa shape index (κ3) is 11.5. The number of hydrogen-bond donors (Lipinski definition) is 3. The molecule has 5 nitrogen and oxygen atoms in total. The van der Waals surface area contributed by atoms with Gasteiger partial charge in [-0.15, -0.1) is 12.4 Å². The average Bonchev–Trinajstić information content (AvgIpc) is 1.94. The van der Waals surface area contributed by atoms with Gasteiger partial charge in [-0.3, -0.25) is 0 Å². The molecule has 0 bridgehead atoms. The maximum absolute atomic E-state index is 9.00. The maximum atomic E-state index is 9.00. The first-order valence-electron chi connectivity index (χ1n) is 3.87. The highest BCUT2D eigenvalue weighted by molar-refractivity contribution is 5.85. The molecule has 0 aliphatic carbocycles. The lowest BCUT2D eigenvalue weighted by Crippen LogP contribution is -2.32. The summed E-state index contributed by atoms with van der Waals surface area (Å²) >= 11 is 0. The molecule has 1 aliphatic rings. The zero-order valence-corrected chi connectivity index (χ0v) is 8.46. The monoisotopic (exact) mass is 212 g/mol. The molecule has 13 heavy (non-hydrogen) atoms. The first kappa shape index (κ1) is 15.0. The number of rotatable bonds is 0. The second-order valence-electron chi connectivity index (χ2n) is 2.87. The predicted molar refractivity (Wildman–Crippen MR) is 52.2 cm³/mol. The number of amides is 1. The van der Waals surface area contributed by atoms with Gasteiger partial charge < -0.3 is 20.8 Å². The molecule has 0 aromatic rings. The van der Waals surface area contributed by atoms with E-state index in [-0.39, 0.29) is 18.5 Å². The van der Waals surface area contributed by atoms with E-state index in [2.05, 4.69) is 17.7 Å². The Bertz CT molecular complexity index is 124. The smallest absolute Gasteiger partial charge is 0.402 e. The van der Waals surface area contributed by atoms with E-state index in [9.17, 15) is 0 Å². The molecule has 1 heterocycles. The van der Waals surface area contributed by atoms with Crippen molar-refractivity contribution in [3.63, 3.8) is 0 Å². The lowest BCUT2D eigenvalue weighted by molar-refractivity contribution is 0.0942. The van der Waals surface area contributed by atoms with Crippen LogP contribution in [0.3, 0.4) is 0 Å². The summed E-state index contributed by atoms with van der Waals surface area (Å²) in [5, 5.41) is 16.2. The summed E-state index contributed by atoms with van der Waals surface area (Å²) in [6.45, 7) is 2.11. The average molecular weight is 213 g/mol. The largest absolute Gasteiger partial charge is 0.465 e. The normalized spacial score (nSPS) is 18.0. The van der Waals surface area contributed by atoms with Crippen LogP contribution in [0.15, 0.2) is 0 Å². The van der Waals surface area contributed by atoms with Crippen molar-refractivity contribution in [2.45, 2.75) is 18.9 Å². The number of carboxylic acid groups (broad SMARTS) is 1. The van der Waals surface area contributed by atoms with Crippen LogP contribution in [0.2, 0.25) is 0 Å². The van der Waals surface area contributed by atoms with Gasteiger partial charge in [0.15, 0.2) is 0 Å². The number of nitrogens with two attached hydrogens (primary N) is 1. The molecule has 4 N–H and O–H groups in total. The fourth-order valence-corrected chi connectivity index (χ4v) is 0.995. The number of primary amides is 1. The summed E-state index contributed by atoms with van der Waals surface area (Å²) in [6, 6.07) is 0. The molecule has 1 saturated heterocycles. The van der Waals surface area contributed by atoms with Crippen molar-refractivity contribution in [1.82, 2.24) is 4.90 Å². The van der Waals surface area contributed by atoms with Gasteiger partial charge in [-0.2, -0.15) is 0 Å². The molecule has 0 unspecified atom stereocenters. The van der Waals surface area contributed by atoms with E-state index in [1.165, 1.54) is 0 Å². The number of hydrogen-bond acceptors (Lipinski definition) is 3. The van der Waals surface area contributed by atoms with E-state index in [4.69, 9.17) is 15.0 Å². The van der Waals surface area contributed by atoms with Crippen LogP contribution in [-0.4, -0.2) is 47.4 Å². The Kier molecular flexibility index (Phi) is 9.33. The first-order chi connectivity index (χ1) is 5.52. The Morgan fingerprint density at radius 2 is 1.77 bits per heavy atom. The van der Waals surface area contributed by atoms with E-state index in [1.807, 2.05) is 0 Å². The Labute approximate surface area is 83.9 Å². The van der Waals surface area contributed by atoms with Crippen molar-refractivity contribution in [3.8, 4) is 0 Å². The molecule has 0 radical (unpaired) electrons. The van der Waals surface area contributed by atoms with E-state index in [0.717, 1.165) is 25.9 Å². The standard InChI is InChI=1S/C6H13NO.CH3NO2.ClH/c1-7-4-2-6(8)3-5-7;2-1(3)4;/h6,8H,2-5H2,1H3;2H2,(H,3,4);1H. The summed E-state index contributed by atoms with van der Waals surface area (Å²) in [4.78, 5) is 11.0. The zero-order valence-electron chi connectivity index (χ0n) is 7.64. The Balaban J connectivity index is 0. The molecule has 0 atom stereocenters. The van der Waals surface area contributed by atoms with Gasteiger partial charge in [-0.25, -0.2) is 4.79 Å². The van der Waals surface area contributed by atoms with Gasteiger partial charge in [-0.05, 0) is 19.9 Å². The molecular formula is C7H17ClN2O3. The van der Waals surface area contributed by atoms with E-state index < -0.39 is 6.09 Å². The molecule has 80 valence electrons. The van der Waals surface area contributed by atoms with Gasteiger partial charge in [0.2, 0.25) is 0 Å². The Morgan fingerprint density at radius 1 is 1.46 bits per heavy atom. The van der Waals surface area contributed by atoms with E-state index in [1.54, 1.807) is 0 Å². The summed E-state index contributed by atoms with van der Waals surface area (Å²) < 4.78 is 0. The summed E-state index contributed by atoms with van der Waals surface area (Å²) in [7, 11) is 2.09. The highest BCUT2D eigenvalue weighted by atomic mass is 35.5. The van der Waals surface area contributed by atoms with Crippen molar-refractivity contribution < 1.29 is 15.0 Å². The molecule has 0 spiro atoms. The second-order valence-corrected chi connectivity index (χ2v) is 2.87. The summed E-state index contributed by atoms with van der Waals surface area (Å²) in [5.41, 5.74) is 4.03. The van der Waals surface area contributed by atoms with Gasteiger partial charge in [0.1, 0.15) is 0 Å². The lowest BCUT2D eigenvalue weighted by atomic mass is 10.1. The minimum atomic E-state index is -1.33. The van der Waals surface area contributed by atoms with Crippen molar-refractivity contribution in [3.05, 3.63) is 0 Å². The summed E-state index contributed by atoms with van der Waals surface area (Å²) in [6.07, 6.45) is 0.554. The van der Waals surface area contributed by atoms with Crippen molar-refractivity contribution in [2.75, 3.05) is 20.1 Å². The molecule has 1 fully saturated rings. The molecule has 6 heteroatoms. The summed E-state index contributed by atoms with van der Waals surface area (Å²) in [5.74, 6) is 0. The third-order valence-electron chi connectivity index (χ3n) is 1.69. The van der Waals surface area contributed by atoms with Gasteiger partial charge in [-0.1, -0.05) is 0 Å². The van der Waals surface area contributed by atoms with Gasteiger partial charge in [0.25, 0.3) is 0 Å². The number of halogens is 1.